The zero-order valence-corrected chi connectivity index (χ0v) is 14.9. The monoisotopic (exact) mass is 354 g/mol. The van der Waals surface area contributed by atoms with Gasteiger partial charge in [-0.2, -0.15) is 0 Å². The van der Waals surface area contributed by atoms with Crippen LogP contribution in [0, 0.1) is 0 Å². The van der Waals surface area contributed by atoms with Gasteiger partial charge in [-0.3, -0.25) is 4.79 Å². The van der Waals surface area contributed by atoms with E-state index in [9.17, 15) is 4.79 Å². The van der Waals surface area contributed by atoms with Gasteiger partial charge in [0.15, 0.2) is 11.5 Å². The van der Waals surface area contributed by atoms with Crippen molar-refractivity contribution in [1.29, 1.82) is 0 Å². The van der Waals surface area contributed by atoms with Crippen molar-refractivity contribution in [1.82, 2.24) is 4.90 Å². The molecule has 24 heavy (non-hydrogen) atoms. The smallest absolute Gasteiger partial charge is 0.231 e. The fraction of sp³-hybridized carbons (Fsp3) is 0.611. The van der Waals surface area contributed by atoms with E-state index >= 15 is 0 Å². The number of rotatable bonds is 7. The van der Waals surface area contributed by atoms with Crippen LogP contribution in [0.5, 0.6) is 11.5 Å². The summed E-state index contributed by atoms with van der Waals surface area (Å²) in [6, 6.07) is 6.22. The van der Waals surface area contributed by atoms with E-state index in [-0.39, 0.29) is 31.1 Å². The fourth-order valence-electron chi connectivity index (χ4n) is 3.45. The van der Waals surface area contributed by atoms with Crippen molar-refractivity contribution in [3.63, 3.8) is 0 Å². The number of ether oxygens (including phenoxy) is 2. The molecule has 0 aromatic heterocycles. The highest BCUT2D eigenvalue weighted by atomic mass is 35.5. The lowest BCUT2D eigenvalue weighted by molar-refractivity contribution is -0.132. The molecular weight excluding hydrogens is 328 g/mol. The summed E-state index contributed by atoms with van der Waals surface area (Å²) >= 11 is 0. The van der Waals surface area contributed by atoms with Gasteiger partial charge < -0.3 is 20.1 Å². The van der Waals surface area contributed by atoms with E-state index in [2.05, 4.69) is 6.07 Å². The lowest BCUT2D eigenvalue weighted by atomic mass is 10.0. The number of hydrogen-bond acceptors (Lipinski definition) is 4. The number of carbonyl (C=O) groups is 1. The van der Waals surface area contributed by atoms with Crippen molar-refractivity contribution in [2.24, 2.45) is 5.73 Å². The fourth-order valence-corrected chi connectivity index (χ4v) is 3.45. The molecule has 2 aliphatic rings. The van der Waals surface area contributed by atoms with Crippen LogP contribution in [0.3, 0.4) is 0 Å². The molecule has 1 amide bonds. The van der Waals surface area contributed by atoms with Crippen molar-refractivity contribution in [2.45, 2.75) is 51.0 Å². The van der Waals surface area contributed by atoms with Crippen LogP contribution in [0.25, 0.3) is 0 Å². The van der Waals surface area contributed by atoms with Gasteiger partial charge in [-0.05, 0) is 49.9 Å². The first-order valence-electron chi connectivity index (χ1n) is 8.68. The van der Waals surface area contributed by atoms with Crippen LogP contribution in [-0.4, -0.2) is 30.7 Å². The maximum absolute atomic E-state index is 12.5. The maximum Gasteiger partial charge on any atom is 0.231 e. The second kappa shape index (κ2) is 9.14. The zero-order valence-electron chi connectivity index (χ0n) is 14.0. The van der Waals surface area contributed by atoms with Crippen molar-refractivity contribution >= 4 is 18.3 Å². The molecule has 1 saturated heterocycles. The van der Waals surface area contributed by atoms with Crippen molar-refractivity contribution in [3.8, 4) is 11.5 Å². The normalized spacial score (nSPS) is 18.5. The highest BCUT2D eigenvalue weighted by molar-refractivity contribution is 5.85. The number of hydrogen-bond donors (Lipinski definition) is 1. The average molecular weight is 355 g/mol. The number of fused-ring (bicyclic) bond motifs is 1. The number of likely N-dealkylation sites (tertiary alicyclic amines) is 1. The lowest BCUT2D eigenvalue weighted by Gasteiger charge is -2.25. The Morgan fingerprint density at radius 1 is 1.17 bits per heavy atom. The molecule has 6 heteroatoms. The zero-order chi connectivity index (χ0) is 16.1. The van der Waals surface area contributed by atoms with Gasteiger partial charge in [-0.1, -0.05) is 18.9 Å². The summed E-state index contributed by atoms with van der Waals surface area (Å²) in [6.07, 6.45) is 6.96. The third-order valence-electron chi connectivity index (χ3n) is 4.70. The van der Waals surface area contributed by atoms with E-state index < -0.39 is 0 Å². The molecule has 0 spiro atoms. The molecule has 1 atom stereocenters. The van der Waals surface area contributed by atoms with Crippen molar-refractivity contribution in [3.05, 3.63) is 23.8 Å². The molecule has 0 saturated carbocycles. The van der Waals surface area contributed by atoms with Gasteiger partial charge >= 0.3 is 0 Å². The molecule has 3 rings (SSSR count). The molecular formula is C18H27ClN2O3. The predicted octanol–water partition coefficient (Wildman–Crippen LogP) is 3.41. The Morgan fingerprint density at radius 3 is 2.79 bits per heavy atom. The Morgan fingerprint density at radius 2 is 1.96 bits per heavy atom. The Bertz CT molecular complexity index is 553. The minimum atomic E-state index is 0. The number of benzene rings is 1. The van der Waals surface area contributed by atoms with Crippen LogP contribution in [-0.2, 0) is 4.79 Å². The van der Waals surface area contributed by atoms with Gasteiger partial charge in [0.1, 0.15) is 0 Å². The van der Waals surface area contributed by atoms with E-state index in [0.717, 1.165) is 68.7 Å². The van der Waals surface area contributed by atoms with Crippen LogP contribution in [0.1, 0.15) is 56.6 Å². The van der Waals surface area contributed by atoms with Crippen LogP contribution < -0.4 is 15.2 Å². The number of carbonyl (C=O) groups excluding carboxylic acids is 1. The lowest BCUT2D eigenvalue weighted by Crippen LogP contribution is -2.30. The summed E-state index contributed by atoms with van der Waals surface area (Å²) in [6.45, 7) is 1.89. The molecule has 1 unspecified atom stereocenters. The first-order chi connectivity index (χ1) is 11.3. The van der Waals surface area contributed by atoms with Gasteiger partial charge in [0, 0.05) is 13.0 Å². The summed E-state index contributed by atoms with van der Waals surface area (Å²) in [5.74, 6) is 1.87. The first-order valence-corrected chi connectivity index (χ1v) is 8.68. The number of unbranched alkanes of at least 4 members (excludes halogenated alkanes) is 3. The van der Waals surface area contributed by atoms with E-state index in [1.165, 1.54) is 0 Å². The Balaban J connectivity index is 0.00000208. The molecule has 0 bridgehead atoms. The molecule has 1 aromatic rings. The van der Waals surface area contributed by atoms with Gasteiger partial charge in [0.05, 0.1) is 6.04 Å². The summed E-state index contributed by atoms with van der Waals surface area (Å²) in [5.41, 5.74) is 6.65. The van der Waals surface area contributed by atoms with Gasteiger partial charge in [-0.15, -0.1) is 12.4 Å². The highest BCUT2D eigenvalue weighted by Crippen LogP contribution is 2.39. The molecule has 0 aliphatic carbocycles. The van der Waals surface area contributed by atoms with Gasteiger partial charge in [-0.25, -0.2) is 0 Å². The van der Waals surface area contributed by atoms with Crippen LogP contribution in [0.2, 0.25) is 0 Å². The second-order valence-electron chi connectivity index (χ2n) is 6.31. The van der Waals surface area contributed by atoms with Gasteiger partial charge in [0.25, 0.3) is 0 Å². The quantitative estimate of drug-likeness (QED) is 0.762. The summed E-state index contributed by atoms with van der Waals surface area (Å²) in [7, 11) is 0. The molecule has 2 heterocycles. The molecule has 134 valence electrons. The molecule has 2 N–H and O–H groups in total. The van der Waals surface area contributed by atoms with E-state index in [1.54, 1.807) is 0 Å². The van der Waals surface area contributed by atoms with Crippen LogP contribution in [0.4, 0.5) is 0 Å². The number of amides is 1. The summed E-state index contributed by atoms with van der Waals surface area (Å²) in [5, 5.41) is 0. The molecule has 5 nitrogen and oxygen atoms in total. The Hall–Kier alpha value is -1.46. The van der Waals surface area contributed by atoms with E-state index in [4.69, 9.17) is 15.2 Å². The molecule has 1 aromatic carbocycles. The standard InChI is InChI=1S/C18H26N2O3.ClH/c19-10-4-2-1-3-7-18(21)20-11-5-6-15(20)14-8-9-16-17(12-14)23-13-22-16;/h8-9,12,15H,1-7,10-11,13,19H2;1H. The minimum absolute atomic E-state index is 0. The van der Waals surface area contributed by atoms with Crippen molar-refractivity contribution in [2.75, 3.05) is 19.9 Å². The molecule has 1 fully saturated rings. The summed E-state index contributed by atoms with van der Waals surface area (Å²) in [4.78, 5) is 14.6. The van der Waals surface area contributed by atoms with Crippen LogP contribution in [0.15, 0.2) is 18.2 Å². The third kappa shape index (κ3) is 4.33. The third-order valence-corrected chi connectivity index (χ3v) is 4.70. The maximum atomic E-state index is 12.5. The SMILES string of the molecule is Cl.NCCCCCCC(=O)N1CCCC1c1ccc2c(c1)OCO2. The number of nitrogens with zero attached hydrogens (tertiary/aromatic N) is 1. The number of nitrogens with two attached hydrogens (primary N) is 1. The van der Waals surface area contributed by atoms with Crippen molar-refractivity contribution < 1.29 is 14.3 Å². The highest BCUT2D eigenvalue weighted by Gasteiger charge is 2.30. The molecule has 0 radical (unpaired) electrons. The second-order valence-corrected chi connectivity index (χ2v) is 6.31. The van der Waals surface area contributed by atoms with E-state index in [1.807, 2.05) is 17.0 Å². The largest absolute Gasteiger partial charge is 0.454 e. The summed E-state index contributed by atoms with van der Waals surface area (Å²) < 4.78 is 10.8. The topological polar surface area (TPSA) is 64.8 Å². The Labute approximate surface area is 149 Å². The minimum Gasteiger partial charge on any atom is -0.454 e. The number of halogens is 1. The van der Waals surface area contributed by atoms with Gasteiger partial charge in [0.2, 0.25) is 12.7 Å². The van der Waals surface area contributed by atoms with Crippen LogP contribution >= 0.6 is 12.4 Å². The van der Waals surface area contributed by atoms with E-state index in [0.29, 0.717) is 6.42 Å². The predicted molar refractivity (Wildman–Crippen MR) is 95.6 cm³/mol. The average Bonchev–Trinajstić information content (AvgIpc) is 3.22. The Kier molecular flexibility index (Phi) is 7.18. The molecule has 2 aliphatic heterocycles. The first kappa shape index (κ1) is 18.9.